The van der Waals surface area contributed by atoms with Crippen molar-refractivity contribution in [3.8, 4) is 5.75 Å². The van der Waals surface area contributed by atoms with E-state index in [0.717, 1.165) is 6.20 Å². The molecule has 12 heteroatoms. The van der Waals surface area contributed by atoms with Crippen LogP contribution in [0.25, 0.3) is 11.0 Å². The van der Waals surface area contributed by atoms with Crippen molar-refractivity contribution < 1.29 is 37.0 Å². The average Bonchev–Trinajstić information content (AvgIpc) is 3.27. The molecule has 0 spiro atoms. The molecule has 0 radical (unpaired) electrons. The predicted molar refractivity (Wildman–Crippen MR) is 96.4 cm³/mol. The number of nitrogens with one attached hydrogen (secondary N) is 2. The summed E-state index contributed by atoms with van der Waals surface area (Å²) in [5.41, 5.74) is 4.25. The third-order valence-corrected chi connectivity index (χ3v) is 4.28. The molecule has 0 bridgehead atoms. The Morgan fingerprint density at radius 3 is 2.77 bits per heavy atom. The van der Waals surface area contributed by atoms with Crippen molar-refractivity contribution >= 4 is 22.8 Å². The minimum atomic E-state index is -4.63. The van der Waals surface area contributed by atoms with Crippen molar-refractivity contribution in [1.29, 1.82) is 0 Å². The second kappa shape index (κ2) is 8.06. The molecule has 0 fully saturated rings. The number of ether oxygens (including phenoxy) is 1. The van der Waals surface area contributed by atoms with Gasteiger partial charge in [0.05, 0.1) is 12.2 Å². The number of aromatic amines is 1. The number of nitrogens with two attached hydrogens (primary N) is 1. The summed E-state index contributed by atoms with van der Waals surface area (Å²) < 4.78 is 49.7. The maximum absolute atomic E-state index is 12.9. The van der Waals surface area contributed by atoms with E-state index in [2.05, 4.69) is 15.5 Å². The van der Waals surface area contributed by atoms with Gasteiger partial charge < -0.3 is 25.3 Å². The zero-order valence-corrected chi connectivity index (χ0v) is 15.5. The summed E-state index contributed by atoms with van der Waals surface area (Å²) in [5, 5.41) is 17.1. The van der Waals surface area contributed by atoms with E-state index in [1.807, 2.05) is 0 Å². The molecular weight excluding hydrogens is 409 g/mol. The molecular formula is C18H17F3N4O5. The number of aliphatic hydroxyl groups is 1. The van der Waals surface area contributed by atoms with Crippen molar-refractivity contribution in [2.45, 2.75) is 25.7 Å². The van der Waals surface area contributed by atoms with E-state index in [1.54, 1.807) is 0 Å². The van der Waals surface area contributed by atoms with Gasteiger partial charge >= 0.3 is 6.18 Å². The number of hydrogen-bond donors (Lipinski definition) is 4. The van der Waals surface area contributed by atoms with Crippen LogP contribution < -0.4 is 15.8 Å². The molecule has 0 saturated carbocycles. The van der Waals surface area contributed by atoms with Gasteiger partial charge in [-0.25, -0.2) is 0 Å². The Bertz CT molecular complexity index is 1090. The molecule has 0 aliphatic rings. The molecule has 0 aliphatic heterocycles. The minimum Gasteiger partial charge on any atom is -0.489 e. The topological polar surface area (TPSA) is 143 Å². The molecule has 30 heavy (non-hydrogen) atoms. The van der Waals surface area contributed by atoms with E-state index >= 15 is 0 Å². The van der Waals surface area contributed by atoms with Crippen LogP contribution in [0, 0.1) is 6.92 Å². The number of hydrogen-bond acceptors (Lipinski definition) is 6. The molecule has 0 unspecified atom stereocenters. The first-order valence-electron chi connectivity index (χ1n) is 8.58. The lowest BCUT2D eigenvalue weighted by atomic mass is 10.1. The van der Waals surface area contributed by atoms with Crippen LogP contribution in [0.15, 0.2) is 28.8 Å². The summed E-state index contributed by atoms with van der Waals surface area (Å²) in [6.07, 6.45) is -3.54. The quantitative estimate of drug-likeness (QED) is 0.452. The average molecular weight is 426 g/mol. The van der Waals surface area contributed by atoms with E-state index in [4.69, 9.17) is 20.0 Å². The fourth-order valence-corrected chi connectivity index (χ4v) is 2.84. The molecule has 0 aliphatic carbocycles. The van der Waals surface area contributed by atoms with Crippen LogP contribution in [0.4, 0.5) is 13.2 Å². The lowest BCUT2D eigenvalue weighted by Gasteiger charge is -2.12. The van der Waals surface area contributed by atoms with E-state index in [9.17, 15) is 22.8 Å². The highest BCUT2D eigenvalue weighted by atomic mass is 19.4. The number of aryl methyl sites for hydroxylation is 1. The number of aliphatic hydroxyl groups excluding tert-OH is 1. The Morgan fingerprint density at radius 2 is 2.13 bits per heavy atom. The molecule has 1 aromatic carbocycles. The van der Waals surface area contributed by atoms with Gasteiger partial charge in [0.2, 0.25) is 5.91 Å². The highest BCUT2D eigenvalue weighted by Gasteiger charge is 2.36. The van der Waals surface area contributed by atoms with Gasteiger partial charge in [0.15, 0.2) is 5.69 Å². The van der Waals surface area contributed by atoms with Gasteiger partial charge in [0.25, 0.3) is 5.91 Å². The van der Waals surface area contributed by atoms with Crippen LogP contribution in [0.3, 0.4) is 0 Å². The van der Waals surface area contributed by atoms with Crippen molar-refractivity contribution in [3.63, 3.8) is 0 Å². The number of nitrogens with zero attached hydrogens (tertiary/aromatic N) is 1. The molecule has 2 amide bonds. The summed E-state index contributed by atoms with van der Waals surface area (Å²) in [6, 6.07) is 3.10. The number of carbonyl (C=O) groups is 2. The predicted octanol–water partition coefficient (Wildman–Crippen LogP) is 1.64. The molecule has 0 saturated heterocycles. The Balaban J connectivity index is 1.86. The smallest absolute Gasteiger partial charge is 0.435 e. The zero-order chi connectivity index (χ0) is 22.1. The number of benzene rings is 1. The van der Waals surface area contributed by atoms with Crippen molar-refractivity contribution in [1.82, 2.24) is 15.5 Å². The molecule has 160 valence electrons. The largest absolute Gasteiger partial charge is 0.489 e. The number of aromatic nitrogens is 2. The van der Waals surface area contributed by atoms with Crippen LogP contribution in [0.1, 0.15) is 27.4 Å². The van der Waals surface area contributed by atoms with E-state index in [0.29, 0.717) is 11.0 Å². The minimum absolute atomic E-state index is 0.0782. The summed E-state index contributed by atoms with van der Waals surface area (Å²) in [6.45, 7) is 0.425. The Hall–Kier alpha value is -3.54. The summed E-state index contributed by atoms with van der Waals surface area (Å²) in [7, 11) is 0. The standard InChI is InChI=1S/C18H17F3N4O5/c1-8-14(17(28)24-12(6-26)16(22)27)11-4-10(2-3-13(11)30-8)29-7-9-5-23-25-15(9)18(19,20)21/h2-5,12,26H,6-7H2,1H3,(H2,22,27)(H,23,25)(H,24,28)/t12-/m0/s1. The molecule has 3 aromatic rings. The van der Waals surface area contributed by atoms with Crippen LogP contribution in [0.5, 0.6) is 5.75 Å². The molecule has 5 N–H and O–H groups in total. The Kier molecular flexibility index (Phi) is 5.69. The number of primary amides is 1. The molecule has 1 atom stereocenters. The third kappa shape index (κ3) is 4.22. The Morgan fingerprint density at radius 1 is 1.40 bits per heavy atom. The molecule has 9 nitrogen and oxygen atoms in total. The fourth-order valence-electron chi connectivity index (χ4n) is 2.84. The summed E-state index contributed by atoms with van der Waals surface area (Å²) in [5.74, 6) is -1.22. The van der Waals surface area contributed by atoms with Gasteiger partial charge in [0.1, 0.15) is 29.7 Å². The summed E-state index contributed by atoms with van der Waals surface area (Å²) in [4.78, 5) is 23.8. The monoisotopic (exact) mass is 426 g/mol. The number of carbonyl (C=O) groups excluding carboxylic acids is 2. The number of halogens is 3. The summed E-state index contributed by atoms with van der Waals surface area (Å²) >= 11 is 0. The first-order chi connectivity index (χ1) is 14.1. The molecule has 2 heterocycles. The second-order valence-corrected chi connectivity index (χ2v) is 6.35. The van der Waals surface area contributed by atoms with Crippen molar-refractivity contribution in [3.05, 3.63) is 47.0 Å². The lowest BCUT2D eigenvalue weighted by molar-refractivity contribution is -0.142. The van der Waals surface area contributed by atoms with Crippen LogP contribution in [-0.4, -0.2) is 39.8 Å². The number of rotatable bonds is 7. The highest BCUT2D eigenvalue weighted by Crippen LogP contribution is 2.32. The van der Waals surface area contributed by atoms with Gasteiger partial charge in [0, 0.05) is 17.1 Å². The van der Waals surface area contributed by atoms with Crippen molar-refractivity contribution in [2.24, 2.45) is 5.73 Å². The third-order valence-electron chi connectivity index (χ3n) is 4.28. The van der Waals surface area contributed by atoms with Gasteiger partial charge in [-0.1, -0.05) is 0 Å². The molecule has 3 rings (SSSR count). The first-order valence-corrected chi connectivity index (χ1v) is 8.58. The number of amides is 2. The maximum Gasteiger partial charge on any atom is 0.435 e. The fraction of sp³-hybridized carbons (Fsp3) is 0.278. The SMILES string of the molecule is Cc1oc2ccc(OCc3c[nH]nc3C(F)(F)F)cc2c1C(=O)N[C@@H](CO)C(N)=O. The number of alkyl halides is 3. The van der Waals surface area contributed by atoms with Gasteiger partial charge in [-0.05, 0) is 25.1 Å². The van der Waals surface area contributed by atoms with E-state index < -0.39 is 42.9 Å². The van der Waals surface area contributed by atoms with Crippen LogP contribution in [-0.2, 0) is 17.6 Å². The highest BCUT2D eigenvalue weighted by molar-refractivity contribution is 6.08. The van der Waals surface area contributed by atoms with Crippen molar-refractivity contribution in [2.75, 3.05) is 6.61 Å². The number of furan rings is 1. The zero-order valence-electron chi connectivity index (χ0n) is 15.5. The lowest BCUT2D eigenvalue weighted by Crippen LogP contribution is -2.46. The normalized spacial score (nSPS) is 12.7. The second-order valence-electron chi connectivity index (χ2n) is 6.35. The van der Waals surface area contributed by atoms with E-state index in [1.165, 1.54) is 25.1 Å². The maximum atomic E-state index is 12.9. The number of H-pyrrole nitrogens is 1. The van der Waals surface area contributed by atoms with Crippen LogP contribution >= 0.6 is 0 Å². The van der Waals surface area contributed by atoms with Crippen LogP contribution in [0.2, 0.25) is 0 Å². The molecule has 2 aromatic heterocycles. The van der Waals surface area contributed by atoms with Gasteiger partial charge in [-0.3, -0.25) is 14.7 Å². The Labute approximate surface area is 167 Å². The van der Waals surface area contributed by atoms with Gasteiger partial charge in [-0.2, -0.15) is 18.3 Å². The van der Waals surface area contributed by atoms with E-state index in [-0.39, 0.29) is 22.6 Å². The number of fused-ring (bicyclic) bond motifs is 1. The van der Waals surface area contributed by atoms with Gasteiger partial charge in [-0.15, -0.1) is 0 Å². The first kappa shape index (κ1) is 21.2.